The molecule has 10 aromatic rings. The third-order valence-corrected chi connectivity index (χ3v) is 10.6. The van der Waals surface area contributed by atoms with Crippen molar-refractivity contribution < 1.29 is 8.83 Å². The van der Waals surface area contributed by atoms with Crippen LogP contribution >= 0.6 is 0 Å². The van der Waals surface area contributed by atoms with E-state index in [1.54, 1.807) is 0 Å². The molecule has 47 heavy (non-hydrogen) atoms. The molecular weight excluding hydrogens is 575 g/mol. The number of nitrogens with zero attached hydrogens (tertiary/aromatic N) is 2. The molecular formula is C42H23BN2O2. The summed E-state index contributed by atoms with van der Waals surface area (Å²) in [6.45, 7) is -0.0160. The maximum absolute atomic E-state index is 6.52. The Kier molecular flexibility index (Phi) is 4.27. The fourth-order valence-corrected chi connectivity index (χ4v) is 8.68. The number of aromatic nitrogens is 1. The molecule has 2 aliphatic rings. The summed E-state index contributed by atoms with van der Waals surface area (Å²) >= 11 is 0. The first kappa shape index (κ1) is 24.1. The standard InChI is InChI=1S/C42H23BN2O2/c1-4-15-34-25(9-1)30-13-7-14-31-29-12-8-16-35-41(29)43(45(34)42(30)31)33-22-32-27-11-3-6-18-38(27)47-40(32)23-36(33)44(35)24-19-20-28-26-10-2-5-17-37(26)46-39(28)21-24/h1-23H. The smallest absolute Gasteiger partial charge is 0.333 e. The molecule has 216 valence electrons. The molecule has 0 amide bonds. The zero-order chi connectivity index (χ0) is 30.4. The van der Waals surface area contributed by atoms with E-state index >= 15 is 0 Å². The molecule has 0 bridgehead atoms. The molecule has 0 spiro atoms. The Bertz CT molecular complexity index is 3000. The normalized spacial score (nSPS) is 13.4. The Hall–Kier alpha value is -6.20. The van der Waals surface area contributed by atoms with Gasteiger partial charge in [-0.3, -0.25) is 0 Å². The summed E-state index contributed by atoms with van der Waals surface area (Å²) < 4.78 is 15.5. The summed E-state index contributed by atoms with van der Waals surface area (Å²) in [6, 6.07) is 50.3. The third kappa shape index (κ3) is 2.91. The number of hydrogen-bond donors (Lipinski definition) is 0. The number of fused-ring (bicyclic) bond motifs is 13. The van der Waals surface area contributed by atoms with Crippen molar-refractivity contribution in [1.29, 1.82) is 0 Å². The van der Waals surface area contributed by atoms with E-state index in [2.05, 4.69) is 131 Å². The molecule has 5 heteroatoms. The molecule has 3 aromatic heterocycles. The Morgan fingerprint density at radius 3 is 1.96 bits per heavy atom. The summed E-state index contributed by atoms with van der Waals surface area (Å²) in [5.41, 5.74) is 14.6. The minimum atomic E-state index is -0.0160. The average Bonchev–Trinajstić information content (AvgIpc) is 3.78. The molecule has 0 aliphatic carbocycles. The second-order valence-corrected chi connectivity index (χ2v) is 12.8. The summed E-state index contributed by atoms with van der Waals surface area (Å²) in [5.74, 6) is 0. The van der Waals surface area contributed by atoms with Crippen LogP contribution in [0.2, 0.25) is 0 Å². The molecule has 0 saturated heterocycles. The number of rotatable bonds is 1. The fraction of sp³-hybridized carbons (Fsp3) is 0. The molecule has 4 nitrogen and oxygen atoms in total. The van der Waals surface area contributed by atoms with Crippen LogP contribution in [0.25, 0.3) is 76.8 Å². The monoisotopic (exact) mass is 598 g/mol. The fourth-order valence-electron chi connectivity index (χ4n) is 8.68. The first-order chi connectivity index (χ1) is 23.3. The number of anilines is 3. The molecule has 2 aliphatic heterocycles. The van der Waals surface area contributed by atoms with Crippen molar-refractivity contribution in [1.82, 2.24) is 4.48 Å². The lowest BCUT2D eigenvalue weighted by atomic mass is 9.45. The highest BCUT2D eigenvalue weighted by Crippen LogP contribution is 2.46. The van der Waals surface area contributed by atoms with Crippen LogP contribution in [0.15, 0.2) is 148 Å². The number of hydrogen-bond acceptors (Lipinski definition) is 3. The molecule has 0 atom stereocenters. The topological polar surface area (TPSA) is 34.5 Å². The SMILES string of the molecule is c1cc2c3c(c1)N(c1ccc4c(c1)oc1ccccc14)c1cc4oc5ccccc5c4cc1B3n1c3ccccc3c3cccc-2c31. The highest BCUT2D eigenvalue weighted by molar-refractivity contribution is 6.90. The molecule has 0 radical (unpaired) electrons. The highest BCUT2D eigenvalue weighted by Gasteiger charge is 2.43. The van der Waals surface area contributed by atoms with Gasteiger partial charge in [0.1, 0.15) is 22.3 Å². The van der Waals surface area contributed by atoms with E-state index in [0.29, 0.717) is 0 Å². The van der Waals surface area contributed by atoms with Gasteiger partial charge in [0.15, 0.2) is 0 Å². The minimum absolute atomic E-state index is 0.0160. The van der Waals surface area contributed by atoms with Crippen LogP contribution in [0.4, 0.5) is 17.1 Å². The van der Waals surface area contributed by atoms with Crippen LogP contribution < -0.4 is 15.8 Å². The van der Waals surface area contributed by atoms with Gasteiger partial charge in [-0.2, -0.15) is 0 Å². The van der Waals surface area contributed by atoms with E-state index in [4.69, 9.17) is 8.83 Å². The Labute approximate surface area is 268 Å². The van der Waals surface area contributed by atoms with Crippen LogP contribution in [0.5, 0.6) is 0 Å². The van der Waals surface area contributed by atoms with Gasteiger partial charge in [0.2, 0.25) is 0 Å². The summed E-state index contributed by atoms with van der Waals surface area (Å²) in [6.07, 6.45) is 0. The Balaban J connectivity index is 1.24. The van der Waals surface area contributed by atoms with Gasteiger partial charge in [-0.25, -0.2) is 0 Å². The predicted octanol–water partition coefficient (Wildman–Crippen LogP) is 10.0. The lowest BCUT2D eigenvalue weighted by Gasteiger charge is -2.40. The second-order valence-electron chi connectivity index (χ2n) is 12.8. The van der Waals surface area contributed by atoms with Crippen molar-refractivity contribution in [2.24, 2.45) is 0 Å². The minimum Gasteiger partial charge on any atom is -0.456 e. The zero-order valence-corrected chi connectivity index (χ0v) is 25.1. The maximum Gasteiger partial charge on any atom is 0.333 e. The van der Waals surface area contributed by atoms with Gasteiger partial charge in [0.05, 0.1) is 0 Å². The van der Waals surface area contributed by atoms with E-state index < -0.39 is 0 Å². The van der Waals surface area contributed by atoms with Crippen LogP contribution in [-0.2, 0) is 0 Å². The summed E-state index contributed by atoms with van der Waals surface area (Å²) in [4.78, 5) is 2.42. The first-order valence-electron chi connectivity index (χ1n) is 16.1. The summed E-state index contributed by atoms with van der Waals surface area (Å²) in [5, 5.41) is 7.11. The van der Waals surface area contributed by atoms with Crippen LogP contribution in [0.1, 0.15) is 0 Å². The van der Waals surface area contributed by atoms with Crippen molar-refractivity contribution in [2.75, 3.05) is 4.90 Å². The van der Waals surface area contributed by atoms with E-state index in [0.717, 1.165) is 55.3 Å². The van der Waals surface area contributed by atoms with E-state index in [-0.39, 0.29) is 6.85 Å². The van der Waals surface area contributed by atoms with Crippen LogP contribution in [0, 0.1) is 0 Å². The second kappa shape index (κ2) is 8.33. The quantitative estimate of drug-likeness (QED) is 0.176. The van der Waals surface area contributed by atoms with Crippen LogP contribution in [0.3, 0.4) is 0 Å². The zero-order valence-electron chi connectivity index (χ0n) is 25.1. The van der Waals surface area contributed by atoms with Crippen molar-refractivity contribution >= 4 is 101 Å². The highest BCUT2D eigenvalue weighted by atomic mass is 16.3. The first-order valence-corrected chi connectivity index (χ1v) is 16.1. The van der Waals surface area contributed by atoms with Gasteiger partial charge >= 0.3 is 6.85 Å². The van der Waals surface area contributed by atoms with Crippen molar-refractivity contribution in [3.63, 3.8) is 0 Å². The molecule has 0 saturated carbocycles. The molecule has 0 unspecified atom stereocenters. The van der Waals surface area contributed by atoms with Gasteiger partial charge in [-0.05, 0) is 52.9 Å². The largest absolute Gasteiger partial charge is 0.456 e. The lowest BCUT2D eigenvalue weighted by Crippen LogP contribution is -2.56. The Morgan fingerprint density at radius 2 is 1.11 bits per heavy atom. The van der Waals surface area contributed by atoms with Gasteiger partial charge in [0.25, 0.3) is 0 Å². The molecule has 7 aromatic carbocycles. The van der Waals surface area contributed by atoms with Crippen molar-refractivity contribution in [3.05, 3.63) is 140 Å². The van der Waals surface area contributed by atoms with E-state index in [1.165, 1.54) is 49.5 Å². The number of para-hydroxylation sites is 4. The van der Waals surface area contributed by atoms with Gasteiger partial charge in [0, 0.05) is 78.1 Å². The van der Waals surface area contributed by atoms with Gasteiger partial charge in [-0.15, -0.1) is 0 Å². The molecule has 0 fully saturated rings. The van der Waals surface area contributed by atoms with Gasteiger partial charge in [-0.1, -0.05) is 91.0 Å². The average molecular weight is 598 g/mol. The molecule has 12 rings (SSSR count). The van der Waals surface area contributed by atoms with Crippen molar-refractivity contribution in [3.8, 4) is 11.1 Å². The third-order valence-electron chi connectivity index (χ3n) is 10.6. The number of furan rings is 2. The van der Waals surface area contributed by atoms with E-state index in [9.17, 15) is 0 Å². The maximum atomic E-state index is 6.52. The summed E-state index contributed by atoms with van der Waals surface area (Å²) in [7, 11) is 0. The molecule has 0 N–H and O–H groups in total. The van der Waals surface area contributed by atoms with Crippen LogP contribution in [-0.4, -0.2) is 11.3 Å². The van der Waals surface area contributed by atoms with Gasteiger partial charge < -0.3 is 18.2 Å². The predicted molar refractivity (Wildman–Crippen MR) is 195 cm³/mol. The Morgan fingerprint density at radius 1 is 0.447 bits per heavy atom. The van der Waals surface area contributed by atoms with E-state index in [1.807, 2.05) is 18.2 Å². The van der Waals surface area contributed by atoms with Crippen molar-refractivity contribution in [2.45, 2.75) is 0 Å². The lowest BCUT2D eigenvalue weighted by molar-refractivity contribution is 0.669. The molecule has 5 heterocycles. The number of benzene rings is 7.